The Morgan fingerprint density at radius 2 is 2.00 bits per heavy atom. The molecule has 2 unspecified atom stereocenters. The average Bonchev–Trinajstić information content (AvgIpc) is 1.89. The lowest BCUT2D eigenvalue weighted by atomic mass is 9.85. The monoisotopic (exact) mass is 128 g/mol. The normalized spacial score (nSPS) is 36.7. The minimum atomic E-state index is 0.0174. The lowest BCUT2D eigenvalue weighted by Crippen LogP contribution is -2.23. The van der Waals surface area contributed by atoms with Crippen LogP contribution < -0.4 is 0 Å². The summed E-state index contributed by atoms with van der Waals surface area (Å²) < 4.78 is 0. The number of hydrogen-bond acceptors (Lipinski definition) is 1. The Bertz CT molecular complexity index is 80.6. The Balaban J connectivity index is 2.30. The molecule has 1 aliphatic carbocycles. The van der Waals surface area contributed by atoms with Crippen LogP contribution in [0.1, 0.15) is 39.0 Å². The molecule has 0 aliphatic heterocycles. The van der Waals surface area contributed by atoms with Crippen molar-refractivity contribution in [1.82, 2.24) is 0 Å². The average molecular weight is 128 g/mol. The van der Waals surface area contributed by atoms with Crippen molar-refractivity contribution >= 4 is 0 Å². The van der Waals surface area contributed by atoms with Gasteiger partial charge in [0.25, 0.3) is 0 Å². The fraction of sp³-hybridized carbons (Fsp3) is 1.00. The van der Waals surface area contributed by atoms with Crippen LogP contribution in [-0.2, 0) is 0 Å². The van der Waals surface area contributed by atoms with Gasteiger partial charge in [-0.05, 0) is 18.8 Å². The predicted octanol–water partition coefficient (Wildman–Crippen LogP) is 1.95. The van der Waals surface area contributed by atoms with Crippen molar-refractivity contribution in [3.8, 4) is 0 Å². The molecular weight excluding hydrogens is 112 g/mol. The minimum Gasteiger partial charge on any atom is -0.393 e. The molecule has 0 amide bonds. The van der Waals surface area contributed by atoms with Gasteiger partial charge in [-0.25, -0.2) is 0 Å². The number of aliphatic hydroxyl groups is 1. The minimum absolute atomic E-state index is 0.0174. The van der Waals surface area contributed by atoms with Gasteiger partial charge >= 0.3 is 0 Å². The largest absolute Gasteiger partial charge is 0.393 e. The number of rotatable bonds is 1. The molecule has 54 valence electrons. The lowest BCUT2D eigenvalue weighted by molar-refractivity contribution is 0.0680. The Morgan fingerprint density at radius 3 is 2.44 bits per heavy atom. The molecule has 1 nitrogen and oxygen atoms in total. The summed E-state index contributed by atoms with van der Waals surface area (Å²) in [5.41, 5.74) is 0. The third-order valence-corrected chi connectivity index (χ3v) is 2.39. The SMILES string of the molecule is CCC1CCCCC1O. The molecule has 0 bridgehead atoms. The summed E-state index contributed by atoms with van der Waals surface area (Å²) >= 11 is 0. The Morgan fingerprint density at radius 1 is 1.33 bits per heavy atom. The zero-order valence-electron chi connectivity index (χ0n) is 6.14. The Labute approximate surface area is 57.1 Å². The molecule has 1 fully saturated rings. The van der Waals surface area contributed by atoms with E-state index in [1.54, 1.807) is 0 Å². The van der Waals surface area contributed by atoms with Gasteiger partial charge in [0.15, 0.2) is 0 Å². The quantitative estimate of drug-likeness (QED) is 0.572. The second-order valence-electron chi connectivity index (χ2n) is 3.02. The molecule has 1 N–H and O–H groups in total. The van der Waals surface area contributed by atoms with E-state index in [9.17, 15) is 5.11 Å². The van der Waals surface area contributed by atoms with Crippen molar-refractivity contribution in [2.24, 2.45) is 5.92 Å². The van der Waals surface area contributed by atoms with Gasteiger partial charge < -0.3 is 5.11 Å². The van der Waals surface area contributed by atoms with E-state index in [1.807, 2.05) is 0 Å². The van der Waals surface area contributed by atoms with Gasteiger partial charge in [-0.1, -0.05) is 26.2 Å². The van der Waals surface area contributed by atoms with Gasteiger partial charge in [-0.2, -0.15) is 0 Å². The van der Waals surface area contributed by atoms with Crippen LogP contribution in [-0.4, -0.2) is 11.2 Å². The summed E-state index contributed by atoms with van der Waals surface area (Å²) in [7, 11) is 0. The molecule has 9 heavy (non-hydrogen) atoms. The van der Waals surface area contributed by atoms with Gasteiger partial charge in [-0.15, -0.1) is 0 Å². The summed E-state index contributed by atoms with van der Waals surface area (Å²) in [4.78, 5) is 0. The summed E-state index contributed by atoms with van der Waals surface area (Å²) in [5, 5.41) is 9.37. The molecule has 0 aromatic rings. The van der Waals surface area contributed by atoms with Crippen LogP contribution in [0.3, 0.4) is 0 Å². The van der Waals surface area contributed by atoms with Crippen LogP contribution in [0.5, 0.6) is 0 Å². The number of hydrogen-bond donors (Lipinski definition) is 1. The smallest absolute Gasteiger partial charge is 0.0568 e. The highest BCUT2D eigenvalue weighted by Crippen LogP contribution is 2.26. The molecule has 1 heteroatoms. The maximum Gasteiger partial charge on any atom is 0.0568 e. The fourth-order valence-corrected chi connectivity index (χ4v) is 1.66. The van der Waals surface area contributed by atoms with Crippen LogP contribution in [0.4, 0.5) is 0 Å². The van der Waals surface area contributed by atoms with Crippen molar-refractivity contribution in [2.75, 3.05) is 0 Å². The highest BCUT2D eigenvalue weighted by Gasteiger charge is 2.20. The van der Waals surface area contributed by atoms with Crippen LogP contribution in [0, 0.1) is 5.92 Å². The highest BCUT2D eigenvalue weighted by molar-refractivity contribution is 4.72. The molecule has 0 saturated heterocycles. The molecule has 0 spiro atoms. The van der Waals surface area contributed by atoms with Crippen LogP contribution in [0.2, 0.25) is 0 Å². The first-order chi connectivity index (χ1) is 4.34. The third-order valence-electron chi connectivity index (χ3n) is 2.39. The van der Waals surface area contributed by atoms with Gasteiger partial charge in [0.05, 0.1) is 6.10 Å². The molecule has 0 aromatic carbocycles. The van der Waals surface area contributed by atoms with Gasteiger partial charge in [-0.3, -0.25) is 0 Å². The maximum atomic E-state index is 9.37. The van der Waals surface area contributed by atoms with E-state index in [-0.39, 0.29) is 6.10 Å². The van der Waals surface area contributed by atoms with Gasteiger partial charge in [0, 0.05) is 0 Å². The van der Waals surface area contributed by atoms with Crippen molar-refractivity contribution in [1.29, 1.82) is 0 Å². The predicted molar refractivity (Wildman–Crippen MR) is 38.3 cm³/mol. The molecule has 0 aromatic heterocycles. The van der Waals surface area contributed by atoms with E-state index in [0.29, 0.717) is 5.92 Å². The van der Waals surface area contributed by atoms with E-state index in [4.69, 9.17) is 0 Å². The second-order valence-corrected chi connectivity index (χ2v) is 3.02. The van der Waals surface area contributed by atoms with Crippen molar-refractivity contribution in [3.05, 3.63) is 0 Å². The molecule has 0 radical (unpaired) electrons. The summed E-state index contributed by atoms with van der Waals surface area (Å²) in [6.07, 6.45) is 6.02. The highest BCUT2D eigenvalue weighted by atomic mass is 16.3. The third kappa shape index (κ3) is 1.68. The van der Waals surface area contributed by atoms with Crippen molar-refractivity contribution in [3.63, 3.8) is 0 Å². The van der Waals surface area contributed by atoms with Gasteiger partial charge in [0.2, 0.25) is 0 Å². The number of aliphatic hydroxyl groups excluding tert-OH is 1. The van der Waals surface area contributed by atoms with Crippen molar-refractivity contribution < 1.29 is 5.11 Å². The van der Waals surface area contributed by atoms with E-state index < -0.39 is 0 Å². The van der Waals surface area contributed by atoms with E-state index in [2.05, 4.69) is 6.92 Å². The molecule has 2 atom stereocenters. The fourth-order valence-electron chi connectivity index (χ4n) is 1.66. The van der Waals surface area contributed by atoms with Crippen LogP contribution >= 0.6 is 0 Å². The molecule has 1 saturated carbocycles. The van der Waals surface area contributed by atoms with Crippen molar-refractivity contribution in [2.45, 2.75) is 45.1 Å². The Kier molecular flexibility index (Phi) is 2.52. The first-order valence-corrected chi connectivity index (χ1v) is 4.02. The molecule has 1 rings (SSSR count). The molecule has 0 heterocycles. The zero-order chi connectivity index (χ0) is 6.69. The van der Waals surface area contributed by atoms with Crippen LogP contribution in [0.15, 0.2) is 0 Å². The molecule has 1 aliphatic rings. The maximum absolute atomic E-state index is 9.37. The standard InChI is InChI=1S/C8H16O/c1-2-7-5-3-4-6-8(7)9/h7-9H,2-6H2,1H3. The van der Waals surface area contributed by atoms with Gasteiger partial charge in [0.1, 0.15) is 0 Å². The summed E-state index contributed by atoms with van der Waals surface area (Å²) in [5.74, 6) is 0.610. The van der Waals surface area contributed by atoms with E-state index in [0.717, 1.165) is 12.8 Å². The van der Waals surface area contributed by atoms with Crippen LogP contribution in [0.25, 0.3) is 0 Å². The molecular formula is C8H16O. The second kappa shape index (κ2) is 3.21. The Hall–Kier alpha value is -0.0400. The van der Waals surface area contributed by atoms with E-state index in [1.165, 1.54) is 19.3 Å². The van der Waals surface area contributed by atoms with E-state index >= 15 is 0 Å². The first-order valence-electron chi connectivity index (χ1n) is 4.02. The topological polar surface area (TPSA) is 20.2 Å². The summed E-state index contributed by atoms with van der Waals surface area (Å²) in [6, 6.07) is 0. The lowest BCUT2D eigenvalue weighted by Gasteiger charge is -2.25. The zero-order valence-corrected chi connectivity index (χ0v) is 6.14. The first kappa shape index (κ1) is 7.07. The summed E-state index contributed by atoms with van der Waals surface area (Å²) in [6.45, 7) is 2.17.